The summed E-state index contributed by atoms with van der Waals surface area (Å²) in [5.41, 5.74) is 5.43. The van der Waals surface area contributed by atoms with Crippen molar-refractivity contribution >= 4 is 0 Å². The van der Waals surface area contributed by atoms with Crippen LogP contribution in [0.25, 0.3) is 0 Å². The Kier molecular flexibility index (Phi) is 14.1. The fourth-order valence-corrected chi connectivity index (χ4v) is 2.11. The molecule has 0 heterocycles. The summed E-state index contributed by atoms with van der Waals surface area (Å²) in [5, 5.41) is 0. The summed E-state index contributed by atoms with van der Waals surface area (Å²) in [4.78, 5) is 0. The molecule has 0 unspecified atom stereocenters. The number of benzene rings is 2. The van der Waals surface area contributed by atoms with E-state index in [1.54, 1.807) is 0 Å². The minimum atomic E-state index is 0. The van der Waals surface area contributed by atoms with Crippen molar-refractivity contribution < 1.29 is 0 Å². The second-order valence-electron chi connectivity index (χ2n) is 7.06. The summed E-state index contributed by atoms with van der Waals surface area (Å²) in [5.74, 6) is 0. The van der Waals surface area contributed by atoms with Gasteiger partial charge in [-0.1, -0.05) is 128 Å². The minimum absolute atomic E-state index is 0. The lowest BCUT2D eigenvalue weighted by Gasteiger charge is -2.26. The van der Waals surface area contributed by atoms with Crippen LogP contribution in [0, 0.1) is 13.8 Å². The molecule has 0 aliphatic rings. The molecule has 0 spiro atoms. The molecule has 2 aromatic carbocycles. The smallest absolute Gasteiger partial charge is 0.0146 e. The highest BCUT2D eigenvalue weighted by atomic mass is 14.3. The zero-order valence-electron chi connectivity index (χ0n) is 17.2. The van der Waals surface area contributed by atoms with Gasteiger partial charge in [0.25, 0.3) is 0 Å². The third-order valence-electron chi connectivity index (χ3n) is 4.05. The molecule has 142 valence electrons. The maximum atomic E-state index is 2.28. The summed E-state index contributed by atoms with van der Waals surface area (Å²) in [7, 11) is 0. The zero-order chi connectivity index (χ0) is 18.6. The molecule has 0 radical (unpaired) electrons. The molecular formula is C25H42. The Morgan fingerprint density at radius 3 is 1.04 bits per heavy atom. The van der Waals surface area contributed by atoms with E-state index in [-0.39, 0.29) is 12.8 Å². The molecule has 0 aromatic heterocycles. The van der Waals surface area contributed by atoms with Crippen LogP contribution in [0.1, 0.15) is 90.5 Å². The highest BCUT2D eigenvalue weighted by Gasteiger charge is 2.22. The lowest BCUT2D eigenvalue weighted by atomic mass is 9.78. The van der Waals surface area contributed by atoms with Gasteiger partial charge in [-0.3, -0.25) is 0 Å². The van der Waals surface area contributed by atoms with E-state index in [1.165, 1.54) is 41.5 Å². The van der Waals surface area contributed by atoms with Gasteiger partial charge in [0.1, 0.15) is 0 Å². The van der Waals surface area contributed by atoms with Crippen molar-refractivity contribution in [3.63, 3.8) is 0 Å². The molecule has 0 amide bonds. The molecule has 0 atom stereocenters. The Labute approximate surface area is 158 Å². The van der Waals surface area contributed by atoms with E-state index in [0.29, 0.717) is 0 Å². The predicted octanol–water partition coefficient (Wildman–Crippen LogP) is 8.49. The summed E-state index contributed by atoms with van der Waals surface area (Å²) in [6.45, 7) is 17.4. The van der Waals surface area contributed by atoms with Crippen LogP contribution in [-0.4, -0.2) is 0 Å². The second kappa shape index (κ2) is 13.7. The van der Waals surface area contributed by atoms with E-state index in [1.807, 2.05) is 0 Å². The molecule has 0 saturated heterocycles. The molecule has 0 saturated carbocycles. The third kappa shape index (κ3) is 9.48. The largest absolute Gasteiger partial charge is 0.0776 e. The van der Waals surface area contributed by atoms with Crippen LogP contribution in [0.15, 0.2) is 48.5 Å². The number of unbranched alkanes of at least 4 members (excludes halogenated alkanes) is 1. The first-order valence-electron chi connectivity index (χ1n) is 9.47. The Bertz CT molecular complexity index is 480. The third-order valence-corrected chi connectivity index (χ3v) is 4.05. The maximum Gasteiger partial charge on any atom is 0.0146 e. The van der Waals surface area contributed by atoms with Crippen LogP contribution >= 0.6 is 0 Å². The fraction of sp³-hybridized carbons (Fsp3) is 0.520. The minimum Gasteiger partial charge on any atom is -0.0776 e. The molecule has 0 bridgehead atoms. The lowest BCUT2D eigenvalue weighted by Crippen LogP contribution is -2.18. The molecular weight excluding hydrogens is 300 g/mol. The SMILES string of the molecule is C.CCC.CCCC.Cc1ccc(C(C)(C)c2ccc(C)cc2)cc1. The van der Waals surface area contributed by atoms with E-state index in [0.717, 1.165) is 0 Å². The Morgan fingerprint density at radius 1 is 0.600 bits per heavy atom. The first kappa shape index (κ1) is 25.7. The first-order chi connectivity index (χ1) is 11.3. The van der Waals surface area contributed by atoms with Crippen molar-refractivity contribution in [1.29, 1.82) is 0 Å². The van der Waals surface area contributed by atoms with E-state index in [4.69, 9.17) is 0 Å². The van der Waals surface area contributed by atoms with E-state index in [9.17, 15) is 0 Å². The van der Waals surface area contributed by atoms with Crippen LogP contribution < -0.4 is 0 Å². The van der Waals surface area contributed by atoms with Crippen LogP contribution in [0.5, 0.6) is 0 Å². The van der Waals surface area contributed by atoms with Crippen LogP contribution in [0.3, 0.4) is 0 Å². The van der Waals surface area contributed by atoms with Crippen molar-refractivity contribution in [3.8, 4) is 0 Å². The summed E-state index contributed by atoms with van der Waals surface area (Å²) in [6, 6.07) is 17.7. The molecule has 0 aliphatic carbocycles. The highest BCUT2D eigenvalue weighted by Crippen LogP contribution is 2.31. The van der Waals surface area contributed by atoms with Gasteiger partial charge >= 0.3 is 0 Å². The molecule has 0 aliphatic heterocycles. The number of rotatable bonds is 3. The normalized spacial score (nSPS) is 9.76. The fourth-order valence-electron chi connectivity index (χ4n) is 2.11. The van der Waals surface area contributed by atoms with Gasteiger partial charge in [-0.05, 0) is 25.0 Å². The number of hydrogen-bond donors (Lipinski definition) is 0. The van der Waals surface area contributed by atoms with E-state index < -0.39 is 0 Å². The summed E-state index contributed by atoms with van der Waals surface area (Å²) >= 11 is 0. The predicted molar refractivity (Wildman–Crippen MR) is 118 cm³/mol. The highest BCUT2D eigenvalue weighted by molar-refractivity contribution is 5.39. The van der Waals surface area contributed by atoms with Gasteiger partial charge in [-0.15, -0.1) is 0 Å². The van der Waals surface area contributed by atoms with E-state index >= 15 is 0 Å². The van der Waals surface area contributed by atoms with Gasteiger partial charge in [0, 0.05) is 5.41 Å². The molecule has 2 aromatic rings. The van der Waals surface area contributed by atoms with Crippen molar-refractivity contribution in [2.75, 3.05) is 0 Å². The van der Waals surface area contributed by atoms with Gasteiger partial charge in [0.15, 0.2) is 0 Å². The van der Waals surface area contributed by atoms with Crippen LogP contribution in [0.2, 0.25) is 0 Å². The van der Waals surface area contributed by atoms with Gasteiger partial charge in [-0.2, -0.15) is 0 Å². The molecule has 0 nitrogen and oxygen atoms in total. The van der Waals surface area contributed by atoms with Crippen molar-refractivity contribution in [3.05, 3.63) is 70.8 Å². The Balaban J connectivity index is 0. The molecule has 0 heteroatoms. The lowest BCUT2D eigenvalue weighted by molar-refractivity contribution is 0.640. The standard InChI is InChI=1S/C17H20.C4H10.C3H8.CH4/c1-13-5-9-15(10-6-13)17(3,4)16-11-7-14(2)8-12-16;1-3-4-2;1-3-2;/h5-12H,1-4H3;3-4H2,1-2H3;3H2,1-2H3;1H4. The molecule has 2 rings (SSSR count). The maximum absolute atomic E-state index is 2.28. The zero-order valence-corrected chi connectivity index (χ0v) is 17.2. The Morgan fingerprint density at radius 2 is 0.840 bits per heavy atom. The van der Waals surface area contributed by atoms with Gasteiger partial charge in [0.2, 0.25) is 0 Å². The number of aryl methyl sites for hydroxylation is 2. The first-order valence-corrected chi connectivity index (χ1v) is 9.47. The van der Waals surface area contributed by atoms with Crippen molar-refractivity contribution in [2.24, 2.45) is 0 Å². The summed E-state index contributed by atoms with van der Waals surface area (Å²) < 4.78 is 0. The van der Waals surface area contributed by atoms with Gasteiger partial charge < -0.3 is 0 Å². The number of hydrogen-bond acceptors (Lipinski definition) is 0. The van der Waals surface area contributed by atoms with Gasteiger partial charge in [-0.25, -0.2) is 0 Å². The van der Waals surface area contributed by atoms with Crippen molar-refractivity contribution in [1.82, 2.24) is 0 Å². The Hall–Kier alpha value is -1.56. The topological polar surface area (TPSA) is 0 Å². The monoisotopic (exact) mass is 342 g/mol. The molecule has 0 fully saturated rings. The van der Waals surface area contributed by atoms with Crippen LogP contribution in [-0.2, 0) is 5.41 Å². The van der Waals surface area contributed by atoms with Crippen LogP contribution in [0.4, 0.5) is 0 Å². The summed E-state index contributed by atoms with van der Waals surface area (Å²) in [6.07, 6.45) is 3.89. The van der Waals surface area contributed by atoms with Crippen molar-refractivity contribution in [2.45, 2.75) is 87.5 Å². The molecule has 0 N–H and O–H groups in total. The average molecular weight is 343 g/mol. The molecule has 25 heavy (non-hydrogen) atoms. The quantitative estimate of drug-likeness (QED) is 0.524. The second-order valence-corrected chi connectivity index (χ2v) is 7.06. The van der Waals surface area contributed by atoms with Gasteiger partial charge in [0.05, 0.1) is 0 Å². The average Bonchev–Trinajstić information content (AvgIpc) is 2.56. The van der Waals surface area contributed by atoms with E-state index in [2.05, 4.69) is 104 Å².